The average molecular weight is 653 g/mol. The lowest BCUT2D eigenvalue weighted by atomic mass is 9.94. The summed E-state index contributed by atoms with van der Waals surface area (Å²) in [7, 11) is -3.00. The Kier molecular flexibility index (Phi) is 7.63. The van der Waals surface area contributed by atoms with E-state index in [4.69, 9.17) is 0 Å². The van der Waals surface area contributed by atoms with Gasteiger partial charge in [-0.3, -0.25) is 0 Å². The Balaban J connectivity index is 1.45. The number of hydrogen-bond acceptors (Lipinski definition) is 3. The first kappa shape index (κ1) is 30.4. The number of aromatic nitrogens is 1. The third kappa shape index (κ3) is 4.72. The topological polar surface area (TPSA) is 76.3 Å². The van der Waals surface area contributed by atoms with E-state index >= 15 is 0 Å². The Labute approximate surface area is 291 Å². The van der Waals surface area contributed by atoms with E-state index in [1.807, 2.05) is 84.9 Å². The molecule has 0 atom stereocenters. The fraction of sp³-hybridized carbons (Fsp3) is 0. The van der Waals surface area contributed by atoms with Crippen LogP contribution in [-0.2, 0) is 0 Å². The Morgan fingerprint density at radius 2 is 0.920 bits per heavy atom. The number of hydrogen-bond donors (Lipinski definition) is 0. The molecule has 8 rings (SSSR count). The summed E-state index contributed by atoms with van der Waals surface area (Å²) in [6.07, 6.45) is 0. The third-order valence-corrected chi connectivity index (χ3v) is 14.4. The third-order valence-electron chi connectivity index (χ3n) is 9.65. The lowest BCUT2D eigenvalue weighted by Crippen LogP contribution is -2.74. The van der Waals surface area contributed by atoms with Crippen LogP contribution >= 0.6 is 0 Å². The molecule has 1 heterocycles. The van der Waals surface area contributed by atoms with Crippen molar-refractivity contribution in [2.24, 2.45) is 0 Å². The van der Waals surface area contributed by atoms with Gasteiger partial charge < -0.3 is 4.57 Å². The van der Waals surface area contributed by atoms with Crippen LogP contribution in [0, 0.1) is 34.0 Å². The number of nitrogens with zero attached hydrogens (tertiary/aromatic N) is 4. The van der Waals surface area contributed by atoms with Crippen molar-refractivity contribution in [3.63, 3.8) is 0 Å². The highest BCUT2D eigenvalue weighted by Gasteiger charge is 2.42. The van der Waals surface area contributed by atoms with E-state index in [0.717, 1.165) is 38.2 Å². The van der Waals surface area contributed by atoms with Gasteiger partial charge in [0.15, 0.2) is 8.07 Å². The van der Waals surface area contributed by atoms with Crippen LogP contribution in [-0.4, -0.2) is 12.6 Å². The molecule has 0 radical (unpaired) electrons. The molecule has 0 N–H and O–H groups in total. The lowest BCUT2D eigenvalue weighted by molar-refractivity contribution is 1.18. The van der Waals surface area contributed by atoms with E-state index in [1.54, 1.807) is 0 Å². The Hall–Kier alpha value is -6.97. The molecular weight excluding hydrogens is 625 g/mol. The number of benzene rings is 7. The molecule has 0 fully saturated rings. The van der Waals surface area contributed by atoms with Crippen molar-refractivity contribution in [2.75, 3.05) is 0 Å². The molecule has 0 unspecified atom stereocenters. The Morgan fingerprint density at radius 3 is 1.48 bits per heavy atom. The van der Waals surface area contributed by atoms with Crippen molar-refractivity contribution >= 4 is 50.6 Å². The minimum absolute atomic E-state index is 0.443. The standard InChI is InChI=1S/C45H28N4Si/c46-29-32-24-25-44-41(26-32)39-20-10-12-22-42(39)49(44)43-23-13-11-21-40(43)45-33(30-47)27-38(28-34(45)31-48)50(35-14-4-1-5-15-35,36-16-6-2-7-17-36)37-18-8-3-9-19-37/h1-28H. The van der Waals surface area contributed by atoms with E-state index in [2.05, 4.69) is 108 Å². The Bertz CT molecular complexity index is 2540. The van der Waals surface area contributed by atoms with Crippen LogP contribution in [0.2, 0.25) is 0 Å². The predicted molar refractivity (Wildman–Crippen MR) is 204 cm³/mol. The zero-order valence-electron chi connectivity index (χ0n) is 27.0. The summed E-state index contributed by atoms with van der Waals surface area (Å²) in [4.78, 5) is 0. The zero-order chi connectivity index (χ0) is 34.1. The van der Waals surface area contributed by atoms with E-state index in [9.17, 15) is 15.8 Å². The molecule has 4 nitrogen and oxygen atoms in total. The number of nitriles is 3. The van der Waals surface area contributed by atoms with Gasteiger partial charge in [-0.15, -0.1) is 0 Å². The summed E-state index contributed by atoms with van der Waals surface area (Å²) in [5.74, 6) is 0. The normalized spacial score (nSPS) is 11.1. The van der Waals surface area contributed by atoms with Gasteiger partial charge in [-0.1, -0.05) is 127 Å². The molecule has 0 aliphatic carbocycles. The monoisotopic (exact) mass is 652 g/mol. The molecule has 0 spiro atoms. The van der Waals surface area contributed by atoms with Crippen molar-refractivity contribution in [2.45, 2.75) is 0 Å². The van der Waals surface area contributed by atoms with Crippen LogP contribution in [0.5, 0.6) is 0 Å². The van der Waals surface area contributed by atoms with Gasteiger partial charge in [-0.25, -0.2) is 0 Å². The highest BCUT2D eigenvalue weighted by Crippen LogP contribution is 2.38. The molecular formula is C45H28N4Si. The minimum Gasteiger partial charge on any atom is -0.309 e. The smallest absolute Gasteiger partial charge is 0.179 e. The maximum Gasteiger partial charge on any atom is 0.179 e. The van der Waals surface area contributed by atoms with E-state index in [1.165, 1.54) is 15.6 Å². The summed E-state index contributed by atoms with van der Waals surface area (Å²) in [6, 6.07) is 64.7. The average Bonchev–Trinajstić information content (AvgIpc) is 3.52. The highest BCUT2D eigenvalue weighted by atomic mass is 28.3. The van der Waals surface area contributed by atoms with Crippen LogP contribution in [0.25, 0.3) is 38.6 Å². The van der Waals surface area contributed by atoms with Crippen LogP contribution < -0.4 is 20.7 Å². The van der Waals surface area contributed by atoms with Crippen LogP contribution in [0.15, 0.2) is 170 Å². The van der Waals surface area contributed by atoms with Gasteiger partial charge in [-0.05, 0) is 63.2 Å². The quantitative estimate of drug-likeness (QED) is 0.138. The van der Waals surface area contributed by atoms with Gasteiger partial charge in [0.1, 0.15) is 0 Å². The lowest BCUT2D eigenvalue weighted by Gasteiger charge is -2.35. The summed E-state index contributed by atoms with van der Waals surface area (Å²) in [6.45, 7) is 0. The predicted octanol–water partition coefficient (Wildman–Crippen LogP) is 7.44. The molecule has 50 heavy (non-hydrogen) atoms. The first-order valence-electron chi connectivity index (χ1n) is 16.4. The number of para-hydroxylation sites is 2. The van der Waals surface area contributed by atoms with Crippen molar-refractivity contribution < 1.29 is 0 Å². The summed E-state index contributed by atoms with van der Waals surface area (Å²) in [5, 5.41) is 38.0. The molecule has 232 valence electrons. The van der Waals surface area contributed by atoms with Gasteiger partial charge in [-0.2, -0.15) is 15.8 Å². The molecule has 0 saturated heterocycles. The van der Waals surface area contributed by atoms with Crippen molar-refractivity contribution in [3.8, 4) is 35.0 Å². The molecule has 8 aromatic rings. The fourth-order valence-electron chi connectivity index (χ4n) is 7.57. The molecule has 0 aliphatic heterocycles. The molecule has 0 amide bonds. The summed E-state index contributed by atoms with van der Waals surface area (Å²) >= 11 is 0. The first-order chi connectivity index (χ1) is 24.7. The van der Waals surface area contributed by atoms with E-state index in [0.29, 0.717) is 22.3 Å². The van der Waals surface area contributed by atoms with Crippen LogP contribution in [0.4, 0.5) is 0 Å². The number of fused-ring (bicyclic) bond motifs is 3. The zero-order valence-corrected chi connectivity index (χ0v) is 28.0. The van der Waals surface area contributed by atoms with Crippen molar-refractivity contribution in [1.82, 2.24) is 4.57 Å². The molecule has 0 aliphatic rings. The highest BCUT2D eigenvalue weighted by molar-refractivity contribution is 7.19. The molecule has 0 saturated carbocycles. The largest absolute Gasteiger partial charge is 0.309 e. The van der Waals surface area contributed by atoms with Gasteiger partial charge in [0.25, 0.3) is 0 Å². The second kappa shape index (κ2) is 12.6. The van der Waals surface area contributed by atoms with Gasteiger partial charge in [0.2, 0.25) is 0 Å². The van der Waals surface area contributed by atoms with Crippen molar-refractivity contribution in [1.29, 1.82) is 15.8 Å². The van der Waals surface area contributed by atoms with E-state index in [-0.39, 0.29) is 0 Å². The van der Waals surface area contributed by atoms with Gasteiger partial charge in [0.05, 0.1) is 51.6 Å². The van der Waals surface area contributed by atoms with Gasteiger partial charge >= 0.3 is 0 Å². The van der Waals surface area contributed by atoms with E-state index < -0.39 is 8.07 Å². The second-order valence-electron chi connectivity index (χ2n) is 12.2. The first-order valence-corrected chi connectivity index (χ1v) is 18.4. The Morgan fingerprint density at radius 1 is 0.420 bits per heavy atom. The molecule has 5 heteroatoms. The molecule has 1 aromatic heterocycles. The molecule has 7 aromatic carbocycles. The fourth-order valence-corrected chi connectivity index (χ4v) is 12.4. The maximum absolute atomic E-state index is 10.9. The van der Waals surface area contributed by atoms with Crippen molar-refractivity contribution in [3.05, 3.63) is 187 Å². The minimum atomic E-state index is -3.00. The van der Waals surface area contributed by atoms with Gasteiger partial charge in [0, 0.05) is 21.9 Å². The SMILES string of the molecule is N#Cc1ccc2c(c1)c1ccccc1n2-c1ccccc1-c1c(C#N)cc([Si](c2ccccc2)(c2ccccc2)c2ccccc2)cc1C#N. The van der Waals surface area contributed by atoms with Crippen LogP contribution in [0.1, 0.15) is 16.7 Å². The summed E-state index contributed by atoms with van der Waals surface area (Å²) < 4.78 is 2.17. The van der Waals surface area contributed by atoms with Crippen LogP contribution in [0.3, 0.4) is 0 Å². The maximum atomic E-state index is 10.9. The summed E-state index contributed by atoms with van der Waals surface area (Å²) in [5.41, 5.74) is 5.62. The number of rotatable bonds is 6. The molecule has 0 bridgehead atoms. The second-order valence-corrected chi connectivity index (χ2v) is 16.0.